The molecule has 0 bridgehead atoms. The fourth-order valence-electron chi connectivity index (χ4n) is 2.20. The van der Waals surface area contributed by atoms with Crippen LogP contribution in [0.15, 0.2) is 20.9 Å². The van der Waals surface area contributed by atoms with Gasteiger partial charge in [0, 0.05) is 38.0 Å². The fraction of sp³-hybridized carbons (Fsp3) is 0.615. The summed E-state index contributed by atoms with van der Waals surface area (Å²) in [6, 6.07) is 4.20. The molecule has 4 nitrogen and oxygen atoms in total. The quantitative estimate of drug-likeness (QED) is 0.673. The summed E-state index contributed by atoms with van der Waals surface area (Å²) in [5.74, 6) is 1.57. The average Bonchev–Trinajstić information content (AvgIpc) is 3.02. The van der Waals surface area contributed by atoms with E-state index in [1.807, 2.05) is 7.05 Å². The van der Waals surface area contributed by atoms with Crippen molar-refractivity contribution in [1.82, 2.24) is 10.2 Å². The van der Waals surface area contributed by atoms with Crippen LogP contribution in [0.25, 0.3) is 0 Å². The minimum absolute atomic E-state index is 0.624. The molecule has 1 saturated heterocycles. The zero-order valence-corrected chi connectivity index (χ0v) is 13.8. The summed E-state index contributed by atoms with van der Waals surface area (Å²) in [6.45, 7) is 3.58. The lowest BCUT2D eigenvalue weighted by Crippen LogP contribution is -2.41. The molecule has 1 atom stereocenters. The highest BCUT2D eigenvalue weighted by Crippen LogP contribution is 2.21. The van der Waals surface area contributed by atoms with Crippen LogP contribution in [0, 0.1) is 5.92 Å². The van der Waals surface area contributed by atoms with Crippen LogP contribution < -0.4 is 5.32 Å². The molecule has 0 aromatic carbocycles. The van der Waals surface area contributed by atoms with E-state index in [0.29, 0.717) is 5.92 Å². The lowest BCUT2D eigenvalue weighted by molar-refractivity contribution is 0.181. The topological polar surface area (TPSA) is 36.9 Å². The van der Waals surface area contributed by atoms with Crippen molar-refractivity contribution in [3.8, 4) is 0 Å². The van der Waals surface area contributed by atoms with E-state index in [1.54, 1.807) is 11.3 Å². The summed E-state index contributed by atoms with van der Waals surface area (Å²) in [6.07, 6.45) is 1.15. The molecular weight excluding hydrogens is 326 g/mol. The molecule has 6 heteroatoms. The number of hydrogen-bond donors (Lipinski definition) is 1. The number of rotatable bonds is 4. The number of halogens is 1. The SMILES string of the molecule is CN=C(NCc1ccc(Br)s1)N(C)CC1CCOC1. The Labute approximate surface area is 127 Å². The zero-order chi connectivity index (χ0) is 13.7. The van der Waals surface area contributed by atoms with Gasteiger partial charge in [0.25, 0.3) is 0 Å². The van der Waals surface area contributed by atoms with Gasteiger partial charge in [0.2, 0.25) is 0 Å². The van der Waals surface area contributed by atoms with Gasteiger partial charge in [-0.1, -0.05) is 0 Å². The van der Waals surface area contributed by atoms with Crippen molar-refractivity contribution >= 4 is 33.2 Å². The first kappa shape index (κ1) is 14.8. The maximum Gasteiger partial charge on any atom is 0.193 e. The number of nitrogens with one attached hydrogen (secondary N) is 1. The molecule has 106 valence electrons. The van der Waals surface area contributed by atoms with Gasteiger partial charge in [0.1, 0.15) is 0 Å². The number of aliphatic imine (C=N–C) groups is 1. The van der Waals surface area contributed by atoms with Crippen molar-refractivity contribution in [2.75, 3.05) is 33.9 Å². The standard InChI is InChI=1S/C13H20BrN3OS/c1-15-13(16-7-11-3-4-12(14)19-11)17(2)8-10-5-6-18-9-10/h3-4,10H,5-9H2,1-2H3,(H,15,16). The predicted molar refractivity (Wildman–Crippen MR) is 83.8 cm³/mol. The number of guanidine groups is 1. The van der Waals surface area contributed by atoms with Gasteiger partial charge in [0.15, 0.2) is 5.96 Å². The van der Waals surface area contributed by atoms with E-state index in [4.69, 9.17) is 4.74 Å². The third-order valence-electron chi connectivity index (χ3n) is 3.18. The normalized spacial score (nSPS) is 19.7. The van der Waals surface area contributed by atoms with E-state index in [1.165, 1.54) is 4.88 Å². The summed E-state index contributed by atoms with van der Waals surface area (Å²) in [7, 11) is 3.91. The van der Waals surface area contributed by atoms with Crippen LogP contribution in [0.2, 0.25) is 0 Å². The average molecular weight is 346 g/mol. The van der Waals surface area contributed by atoms with Gasteiger partial charge < -0.3 is 15.0 Å². The zero-order valence-electron chi connectivity index (χ0n) is 11.4. The number of hydrogen-bond acceptors (Lipinski definition) is 3. The molecule has 1 aliphatic rings. The Morgan fingerprint density at radius 2 is 2.47 bits per heavy atom. The van der Waals surface area contributed by atoms with Crippen molar-refractivity contribution in [3.63, 3.8) is 0 Å². The van der Waals surface area contributed by atoms with Gasteiger partial charge in [-0.05, 0) is 34.5 Å². The molecule has 0 aliphatic carbocycles. The Bertz CT molecular complexity index is 429. The Morgan fingerprint density at radius 1 is 1.63 bits per heavy atom. The highest BCUT2D eigenvalue weighted by molar-refractivity contribution is 9.11. The van der Waals surface area contributed by atoms with Gasteiger partial charge in [-0.25, -0.2) is 0 Å². The maximum atomic E-state index is 5.41. The molecule has 19 heavy (non-hydrogen) atoms. The van der Waals surface area contributed by atoms with E-state index in [2.05, 4.69) is 50.3 Å². The minimum Gasteiger partial charge on any atom is -0.381 e. The summed E-state index contributed by atoms with van der Waals surface area (Å²) >= 11 is 5.23. The maximum absolute atomic E-state index is 5.41. The molecule has 0 saturated carbocycles. The Morgan fingerprint density at radius 3 is 3.05 bits per heavy atom. The van der Waals surface area contributed by atoms with Crippen molar-refractivity contribution in [2.45, 2.75) is 13.0 Å². The summed E-state index contributed by atoms with van der Waals surface area (Å²) < 4.78 is 6.58. The van der Waals surface area contributed by atoms with Gasteiger partial charge in [-0.15, -0.1) is 11.3 Å². The first-order valence-electron chi connectivity index (χ1n) is 6.42. The van der Waals surface area contributed by atoms with E-state index in [9.17, 15) is 0 Å². The Kier molecular flexibility index (Phi) is 5.66. The Balaban J connectivity index is 1.81. The lowest BCUT2D eigenvalue weighted by Gasteiger charge is -2.24. The molecule has 1 aromatic rings. The van der Waals surface area contributed by atoms with Gasteiger partial charge in [0.05, 0.1) is 16.9 Å². The summed E-state index contributed by atoms with van der Waals surface area (Å²) in [4.78, 5) is 7.81. The van der Waals surface area contributed by atoms with E-state index in [0.717, 1.165) is 42.5 Å². The van der Waals surface area contributed by atoms with Crippen molar-refractivity contribution in [3.05, 3.63) is 20.8 Å². The molecule has 1 aliphatic heterocycles. The molecule has 0 spiro atoms. The lowest BCUT2D eigenvalue weighted by atomic mass is 10.1. The number of thiophene rings is 1. The van der Waals surface area contributed by atoms with Gasteiger partial charge in [-0.2, -0.15) is 0 Å². The highest BCUT2D eigenvalue weighted by Gasteiger charge is 2.18. The third kappa shape index (κ3) is 4.47. The monoisotopic (exact) mass is 345 g/mol. The van der Waals surface area contributed by atoms with Crippen molar-refractivity contribution in [1.29, 1.82) is 0 Å². The minimum atomic E-state index is 0.624. The van der Waals surface area contributed by atoms with Crippen LogP contribution >= 0.6 is 27.3 Å². The van der Waals surface area contributed by atoms with Crippen LogP contribution in [-0.2, 0) is 11.3 Å². The molecule has 2 rings (SSSR count). The molecular formula is C13H20BrN3OS. The number of nitrogens with zero attached hydrogens (tertiary/aromatic N) is 2. The first-order chi connectivity index (χ1) is 9.19. The highest BCUT2D eigenvalue weighted by atomic mass is 79.9. The predicted octanol–water partition coefficient (Wildman–Crippen LogP) is 2.55. The molecule has 2 heterocycles. The largest absolute Gasteiger partial charge is 0.381 e. The van der Waals surface area contributed by atoms with Crippen molar-refractivity contribution in [2.24, 2.45) is 10.9 Å². The molecule has 1 unspecified atom stereocenters. The summed E-state index contributed by atoms with van der Waals surface area (Å²) in [5, 5.41) is 3.40. The van der Waals surface area contributed by atoms with Crippen LogP contribution in [0.5, 0.6) is 0 Å². The first-order valence-corrected chi connectivity index (χ1v) is 8.03. The molecule has 0 radical (unpaired) electrons. The molecule has 1 fully saturated rings. The van der Waals surface area contributed by atoms with E-state index in [-0.39, 0.29) is 0 Å². The second-order valence-corrected chi connectivity index (χ2v) is 7.26. The van der Waals surface area contributed by atoms with E-state index < -0.39 is 0 Å². The van der Waals surface area contributed by atoms with Gasteiger partial charge in [-0.3, -0.25) is 4.99 Å². The summed E-state index contributed by atoms with van der Waals surface area (Å²) in [5.41, 5.74) is 0. The Hall–Kier alpha value is -0.590. The van der Waals surface area contributed by atoms with Crippen molar-refractivity contribution < 1.29 is 4.74 Å². The third-order valence-corrected chi connectivity index (χ3v) is 4.80. The van der Waals surface area contributed by atoms with Crippen LogP contribution in [-0.4, -0.2) is 44.7 Å². The smallest absolute Gasteiger partial charge is 0.193 e. The van der Waals surface area contributed by atoms with Crippen LogP contribution in [0.3, 0.4) is 0 Å². The molecule has 1 N–H and O–H groups in total. The van der Waals surface area contributed by atoms with Crippen LogP contribution in [0.1, 0.15) is 11.3 Å². The van der Waals surface area contributed by atoms with E-state index >= 15 is 0 Å². The van der Waals surface area contributed by atoms with Crippen LogP contribution in [0.4, 0.5) is 0 Å². The fourth-order valence-corrected chi connectivity index (χ4v) is 3.62. The second kappa shape index (κ2) is 7.26. The number of ether oxygens (including phenoxy) is 1. The second-order valence-electron chi connectivity index (χ2n) is 4.72. The van der Waals surface area contributed by atoms with Gasteiger partial charge >= 0.3 is 0 Å². The molecule has 1 aromatic heterocycles. The molecule has 0 amide bonds.